The van der Waals surface area contributed by atoms with E-state index >= 15 is 0 Å². The van der Waals surface area contributed by atoms with Crippen LogP contribution in [0.25, 0.3) is 0 Å². The van der Waals surface area contributed by atoms with Crippen LogP contribution in [0.5, 0.6) is 5.88 Å². The van der Waals surface area contributed by atoms with Gasteiger partial charge in [0.2, 0.25) is 11.8 Å². The molecule has 3 rings (SSSR count). The zero-order chi connectivity index (χ0) is 15.5. The monoisotopic (exact) mass is 370 g/mol. The van der Waals surface area contributed by atoms with Crippen LogP contribution in [-0.4, -0.2) is 66.8 Å². The lowest BCUT2D eigenvalue weighted by atomic mass is 10.2. The van der Waals surface area contributed by atoms with Crippen LogP contribution in [0.15, 0.2) is 10.7 Å². The molecule has 2 aliphatic rings. The van der Waals surface area contributed by atoms with Crippen molar-refractivity contribution in [3.63, 3.8) is 0 Å². The number of rotatable bonds is 3. The smallest absolute Gasteiger partial charge is 0.253 e. The average Bonchev–Trinajstić information content (AvgIpc) is 3.09. The zero-order valence-electron chi connectivity index (χ0n) is 12.5. The average molecular weight is 371 g/mol. The Kier molecular flexibility index (Phi) is 4.77. The van der Waals surface area contributed by atoms with E-state index in [1.807, 2.05) is 9.80 Å². The lowest BCUT2D eigenvalue weighted by molar-refractivity contribution is -0.143. The Bertz CT molecular complexity index is 551. The number of aromatic nitrogens is 2. The first-order chi connectivity index (χ1) is 10.7. The van der Waals surface area contributed by atoms with Crippen LogP contribution < -0.4 is 9.64 Å². The molecule has 0 aliphatic carbocycles. The fourth-order valence-electron chi connectivity index (χ4n) is 2.76. The molecule has 1 aromatic heterocycles. The highest BCUT2D eigenvalue weighted by molar-refractivity contribution is 9.10. The first-order valence-corrected chi connectivity index (χ1v) is 8.20. The normalized spacial score (nSPS) is 22.0. The Morgan fingerprint density at radius 2 is 2.18 bits per heavy atom. The fourth-order valence-corrected chi connectivity index (χ4v) is 3.11. The van der Waals surface area contributed by atoms with E-state index in [2.05, 4.69) is 25.9 Å². The minimum atomic E-state index is -0.440. The van der Waals surface area contributed by atoms with Gasteiger partial charge >= 0.3 is 0 Å². The van der Waals surface area contributed by atoms with Crippen LogP contribution in [0.4, 0.5) is 5.95 Å². The summed E-state index contributed by atoms with van der Waals surface area (Å²) in [5.74, 6) is 1.12. The predicted molar refractivity (Wildman–Crippen MR) is 84.1 cm³/mol. The van der Waals surface area contributed by atoms with Gasteiger partial charge in [-0.2, -0.15) is 4.98 Å². The van der Waals surface area contributed by atoms with Crippen LogP contribution in [0.3, 0.4) is 0 Å². The number of likely N-dealkylation sites (tertiary alicyclic amines) is 1. The number of morpholine rings is 1. The van der Waals surface area contributed by atoms with E-state index < -0.39 is 6.10 Å². The van der Waals surface area contributed by atoms with Crippen LogP contribution in [0, 0.1) is 0 Å². The van der Waals surface area contributed by atoms with Crippen molar-refractivity contribution in [3.05, 3.63) is 10.7 Å². The molecule has 0 radical (unpaired) electrons. The van der Waals surface area contributed by atoms with Gasteiger partial charge in [0.05, 0.1) is 30.9 Å². The van der Waals surface area contributed by atoms with E-state index in [0.29, 0.717) is 36.0 Å². The van der Waals surface area contributed by atoms with Crippen molar-refractivity contribution < 1.29 is 14.3 Å². The standard InChI is InChI=1S/C14H19BrN4O3/c1-21-12-10(15)8-16-14(17-12)19-6-7-22-11(9-19)13(20)18-4-2-3-5-18/h8,11H,2-7,9H2,1H3. The number of methoxy groups -OCH3 is 1. The van der Waals surface area contributed by atoms with E-state index in [1.165, 1.54) is 0 Å². The molecular weight excluding hydrogens is 352 g/mol. The second-order valence-electron chi connectivity index (χ2n) is 5.37. The van der Waals surface area contributed by atoms with Crippen molar-refractivity contribution in [2.45, 2.75) is 18.9 Å². The number of anilines is 1. The minimum Gasteiger partial charge on any atom is -0.480 e. The molecule has 0 N–H and O–H groups in total. The molecule has 2 saturated heterocycles. The molecule has 8 heteroatoms. The summed E-state index contributed by atoms with van der Waals surface area (Å²) in [6, 6.07) is 0. The Labute approximate surface area is 137 Å². The Balaban J connectivity index is 1.71. The van der Waals surface area contributed by atoms with Crippen molar-refractivity contribution in [3.8, 4) is 5.88 Å². The first-order valence-electron chi connectivity index (χ1n) is 7.41. The number of hydrogen-bond acceptors (Lipinski definition) is 6. The molecule has 2 fully saturated rings. The molecule has 0 aromatic carbocycles. The van der Waals surface area contributed by atoms with Crippen LogP contribution in [-0.2, 0) is 9.53 Å². The number of nitrogens with zero attached hydrogens (tertiary/aromatic N) is 4. The highest BCUT2D eigenvalue weighted by Gasteiger charge is 2.32. The second-order valence-corrected chi connectivity index (χ2v) is 6.22. The van der Waals surface area contributed by atoms with Crippen molar-refractivity contribution in [2.75, 3.05) is 44.8 Å². The number of hydrogen-bond donors (Lipinski definition) is 0. The maximum Gasteiger partial charge on any atom is 0.253 e. The highest BCUT2D eigenvalue weighted by Crippen LogP contribution is 2.24. The van der Waals surface area contributed by atoms with Crippen LogP contribution in [0.1, 0.15) is 12.8 Å². The van der Waals surface area contributed by atoms with E-state index in [-0.39, 0.29) is 5.91 Å². The number of carbonyl (C=O) groups excluding carboxylic acids is 1. The zero-order valence-corrected chi connectivity index (χ0v) is 14.1. The molecule has 1 atom stereocenters. The maximum atomic E-state index is 12.5. The van der Waals surface area contributed by atoms with Crippen LogP contribution in [0.2, 0.25) is 0 Å². The van der Waals surface area contributed by atoms with Gasteiger partial charge in [-0.15, -0.1) is 0 Å². The van der Waals surface area contributed by atoms with Crippen molar-refractivity contribution in [1.82, 2.24) is 14.9 Å². The lowest BCUT2D eigenvalue weighted by Crippen LogP contribution is -2.51. The number of halogens is 1. The van der Waals surface area contributed by atoms with Gasteiger partial charge in [-0.05, 0) is 28.8 Å². The molecule has 7 nitrogen and oxygen atoms in total. The van der Waals surface area contributed by atoms with Gasteiger partial charge in [-0.3, -0.25) is 4.79 Å². The SMILES string of the molecule is COc1nc(N2CCOC(C(=O)N3CCCC3)C2)ncc1Br. The largest absolute Gasteiger partial charge is 0.480 e. The summed E-state index contributed by atoms with van der Waals surface area (Å²) < 4.78 is 11.6. The summed E-state index contributed by atoms with van der Waals surface area (Å²) in [5.41, 5.74) is 0. The first kappa shape index (κ1) is 15.5. The molecule has 3 heterocycles. The van der Waals surface area contributed by atoms with Crippen molar-refractivity contribution in [2.24, 2.45) is 0 Å². The molecule has 0 saturated carbocycles. The third-order valence-electron chi connectivity index (χ3n) is 3.94. The third-order valence-corrected chi connectivity index (χ3v) is 4.48. The van der Waals surface area contributed by atoms with E-state index in [0.717, 1.165) is 25.9 Å². The van der Waals surface area contributed by atoms with E-state index in [1.54, 1.807) is 13.3 Å². The summed E-state index contributed by atoms with van der Waals surface area (Å²) in [5, 5.41) is 0. The number of ether oxygens (including phenoxy) is 2. The van der Waals surface area contributed by atoms with Gasteiger partial charge in [-0.1, -0.05) is 0 Å². The van der Waals surface area contributed by atoms with Gasteiger partial charge < -0.3 is 19.3 Å². The second kappa shape index (κ2) is 6.78. The highest BCUT2D eigenvalue weighted by atomic mass is 79.9. The molecule has 0 bridgehead atoms. The fraction of sp³-hybridized carbons (Fsp3) is 0.643. The van der Waals surface area contributed by atoms with Gasteiger partial charge in [0.1, 0.15) is 0 Å². The van der Waals surface area contributed by atoms with Crippen molar-refractivity contribution in [1.29, 1.82) is 0 Å². The molecule has 0 spiro atoms. The van der Waals surface area contributed by atoms with Gasteiger partial charge in [0.15, 0.2) is 6.10 Å². The molecule has 1 unspecified atom stereocenters. The molecule has 1 amide bonds. The van der Waals surface area contributed by atoms with Gasteiger partial charge in [0.25, 0.3) is 5.91 Å². The molecule has 1 aromatic rings. The van der Waals surface area contributed by atoms with Crippen molar-refractivity contribution >= 4 is 27.8 Å². The third kappa shape index (κ3) is 3.17. The Hall–Kier alpha value is -1.41. The summed E-state index contributed by atoms with van der Waals surface area (Å²) in [6.45, 7) is 3.29. The Morgan fingerprint density at radius 1 is 1.41 bits per heavy atom. The number of amides is 1. The minimum absolute atomic E-state index is 0.0753. The summed E-state index contributed by atoms with van der Waals surface area (Å²) in [7, 11) is 1.57. The maximum absolute atomic E-state index is 12.5. The summed E-state index contributed by atoms with van der Waals surface area (Å²) in [4.78, 5) is 25.0. The molecular formula is C14H19BrN4O3. The summed E-state index contributed by atoms with van der Waals surface area (Å²) in [6.07, 6.45) is 3.38. The molecule has 120 valence electrons. The van der Waals surface area contributed by atoms with Crippen LogP contribution >= 0.6 is 15.9 Å². The van der Waals surface area contributed by atoms with Gasteiger partial charge in [0, 0.05) is 19.6 Å². The predicted octanol–water partition coefficient (Wildman–Crippen LogP) is 1.08. The molecule has 2 aliphatic heterocycles. The van der Waals surface area contributed by atoms with E-state index in [4.69, 9.17) is 9.47 Å². The number of carbonyl (C=O) groups is 1. The van der Waals surface area contributed by atoms with Gasteiger partial charge in [-0.25, -0.2) is 4.98 Å². The topological polar surface area (TPSA) is 67.8 Å². The van der Waals surface area contributed by atoms with E-state index in [9.17, 15) is 4.79 Å². The summed E-state index contributed by atoms with van der Waals surface area (Å²) >= 11 is 3.34. The molecule has 22 heavy (non-hydrogen) atoms. The lowest BCUT2D eigenvalue weighted by Gasteiger charge is -2.34. The Morgan fingerprint density at radius 3 is 2.91 bits per heavy atom. The quantitative estimate of drug-likeness (QED) is 0.792.